The number of aromatic nitrogens is 1. The molecule has 0 aliphatic carbocycles. The van der Waals surface area contributed by atoms with Crippen LogP contribution in [0.3, 0.4) is 0 Å². The van der Waals surface area contributed by atoms with Crippen molar-refractivity contribution in [1.82, 2.24) is 9.47 Å². The van der Waals surface area contributed by atoms with E-state index >= 15 is 0 Å². The predicted molar refractivity (Wildman–Crippen MR) is 114 cm³/mol. The number of rotatable bonds is 6. The Labute approximate surface area is 175 Å². The standard InChI is InChI=1S/C24H27FN2O3/c1-16-21(13-17-3-5-18(6-4-17)24(29)30-2)22-14-19(25)7-8-23(22)27(16)12-11-26-10-9-20(28)15-26/h3-8,14,20,28H,9-13,15H2,1-2H3. The van der Waals surface area contributed by atoms with Gasteiger partial charge < -0.3 is 14.4 Å². The lowest BCUT2D eigenvalue weighted by molar-refractivity contribution is 0.0600. The van der Waals surface area contributed by atoms with Crippen LogP contribution in [0.5, 0.6) is 0 Å². The Morgan fingerprint density at radius 2 is 1.97 bits per heavy atom. The molecule has 0 radical (unpaired) electrons. The van der Waals surface area contributed by atoms with Gasteiger partial charge in [0.05, 0.1) is 18.8 Å². The number of carbonyl (C=O) groups excluding carboxylic acids is 1. The molecule has 158 valence electrons. The first kappa shape index (κ1) is 20.6. The number of carbonyl (C=O) groups is 1. The van der Waals surface area contributed by atoms with Gasteiger partial charge in [-0.3, -0.25) is 4.90 Å². The third kappa shape index (κ3) is 4.11. The lowest BCUT2D eigenvalue weighted by atomic mass is 10.0. The third-order valence-corrected chi connectivity index (χ3v) is 6.06. The van der Waals surface area contributed by atoms with Gasteiger partial charge in [0.2, 0.25) is 0 Å². The largest absolute Gasteiger partial charge is 0.465 e. The molecule has 6 heteroatoms. The number of fused-ring (bicyclic) bond motifs is 1. The first-order chi connectivity index (χ1) is 14.5. The van der Waals surface area contributed by atoms with E-state index in [4.69, 9.17) is 4.74 Å². The molecule has 4 rings (SSSR count). The van der Waals surface area contributed by atoms with Gasteiger partial charge in [0.1, 0.15) is 5.82 Å². The van der Waals surface area contributed by atoms with Crippen molar-refractivity contribution in [2.45, 2.75) is 32.4 Å². The Morgan fingerprint density at radius 3 is 2.63 bits per heavy atom. The summed E-state index contributed by atoms with van der Waals surface area (Å²) in [6, 6.07) is 12.3. The lowest BCUT2D eigenvalue weighted by Crippen LogP contribution is -2.26. The van der Waals surface area contributed by atoms with Crippen LogP contribution in [0.15, 0.2) is 42.5 Å². The molecule has 1 N–H and O–H groups in total. The number of aliphatic hydroxyl groups excluding tert-OH is 1. The van der Waals surface area contributed by atoms with Crippen molar-refractivity contribution in [2.24, 2.45) is 0 Å². The summed E-state index contributed by atoms with van der Waals surface area (Å²) in [4.78, 5) is 13.9. The molecule has 0 amide bonds. The van der Waals surface area contributed by atoms with E-state index in [0.29, 0.717) is 18.5 Å². The maximum absolute atomic E-state index is 14.1. The molecule has 1 aliphatic rings. The molecular formula is C24H27FN2O3. The molecule has 0 spiro atoms. The lowest BCUT2D eigenvalue weighted by Gasteiger charge is -2.17. The Bertz CT molecular complexity index is 1060. The van der Waals surface area contributed by atoms with Crippen molar-refractivity contribution >= 4 is 16.9 Å². The van der Waals surface area contributed by atoms with Crippen LogP contribution in [0.2, 0.25) is 0 Å². The fraction of sp³-hybridized carbons (Fsp3) is 0.375. The minimum absolute atomic E-state index is 0.231. The number of methoxy groups -OCH3 is 1. The monoisotopic (exact) mass is 410 g/mol. The van der Waals surface area contributed by atoms with Crippen molar-refractivity contribution in [1.29, 1.82) is 0 Å². The van der Waals surface area contributed by atoms with Crippen LogP contribution in [0.4, 0.5) is 4.39 Å². The number of β-amino-alcohol motifs (C(OH)–C–C–N with tert-alkyl or cyclic N) is 1. The second kappa shape index (κ2) is 8.58. The second-order valence-corrected chi connectivity index (χ2v) is 7.99. The molecule has 5 nitrogen and oxygen atoms in total. The van der Waals surface area contributed by atoms with Crippen LogP contribution < -0.4 is 0 Å². The first-order valence-corrected chi connectivity index (χ1v) is 10.3. The van der Waals surface area contributed by atoms with Crippen molar-refractivity contribution in [3.63, 3.8) is 0 Å². The summed E-state index contributed by atoms with van der Waals surface area (Å²) >= 11 is 0. The van der Waals surface area contributed by atoms with E-state index in [0.717, 1.165) is 53.8 Å². The number of nitrogens with zero attached hydrogens (tertiary/aromatic N) is 2. The van der Waals surface area contributed by atoms with E-state index in [9.17, 15) is 14.3 Å². The van der Waals surface area contributed by atoms with Crippen LogP contribution in [0.25, 0.3) is 10.9 Å². The molecule has 1 fully saturated rings. The number of hydrogen-bond acceptors (Lipinski definition) is 4. The highest BCUT2D eigenvalue weighted by molar-refractivity contribution is 5.89. The van der Waals surface area contributed by atoms with E-state index in [1.54, 1.807) is 18.2 Å². The van der Waals surface area contributed by atoms with E-state index in [1.165, 1.54) is 13.2 Å². The summed E-state index contributed by atoms with van der Waals surface area (Å²) in [5.74, 6) is -0.604. The SMILES string of the molecule is COC(=O)c1ccc(Cc2c(C)n(CCN3CCC(O)C3)c3ccc(F)cc23)cc1. The van der Waals surface area contributed by atoms with Crippen LogP contribution in [-0.2, 0) is 17.7 Å². The molecule has 1 aliphatic heterocycles. The molecule has 2 heterocycles. The zero-order valence-corrected chi connectivity index (χ0v) is 17.4. The van der Waals surface area contributed by atoms with Crippen LogP contribution in [0.1, 0.15) is 33.6 Å². The average Bonchev–Trinajstić information content (AvgIpc) is 3.27. The molecule has 0 saturated carbocycles. The quantitative estimate of drug-likeness (QED) is 0.632. The van der Waals surface area contributed by atoms with Crippen molar-refractivity contribution in [3.8, 4) is 0 Å². The number of halogens is 1. The van der Waals surface area contributed by atoms with E-state index < -0.39 is 0 Å². The first-order valence-electron chi connectivity index (χ1n) is 10.3. The Hall–Kier alpha value is -2.70. The number of hydrogen-bond donors (Lipinski definition) is 1. The van der Waals surface area contributed by atoms with Crippen molar-refractivity contribution in [3.05, 3.63) is 70.7 Å². The van der Waals surface area contributed by atoms with Gasteiger partial charge in [-0.1, -0.05) is 12.1 Å². The maximum Gasteiger partial charge on any atom is 0.337 e. The van der Waals surface area contributed by atoms with Crippen LogP contribution >= 0.6 is 0 Å². The molecule has 30 heavy (non-hydrogen) atoms. The van der Waals surface area contributed by atoms with Crippen LogP contribution in [0, 0.1) is 12.7 Å². The van der Waals surface area contributed by atoms with Crippen LogP contribution in [-0.4, -0.2) is 53.4 Å². The summed E-state index contributed by atoms with van der Waals surface area (Å²) in [5, 5.41) is 10.7. The van der Waals surface area contributed by atoms with Gasteiger partial charge in [0.15, 0.2) is 0 Å². The number of benzene rings is 2. The summed E-state index contributed by atoms with van der Waals surface area (Å²) in [7, 11) is 1.37. The average molecular weight is 410 g/mol. The van der Waals surface area contributed by atoms with Gasteiger partial charge in [0, 0.05) is 42.8 Å². The normalized spacial score (nSPS) is 17.0. The fourth-order valence-electron chi connectivity index (χ4n) is 4.37. The van der Waals surface area contributed by atoms with Gasteiger partial charge >= 0.3 is 5.97 Å². The van der Waals surface area contributed by atoms with Gasteiger partial charge in [0.25, 0.3) is 0 Å². The Kier molecular flexibility index (Phi) is 5.88. The van der Waals surface area contributed by atoms with Crippen molar-refractivity contribution in [2.75, 3.05) is 26.7 Å². The summed E-state index contributed by atoms with van der Waals surface area (Å²) in [6.45, 7) is 5.35. The maximum atomic E-state index is 14.1. The zero-order valence-electron chi connectivity index (χ0n) is 17.4. The minimum atomic E-state index is -0.358. The molecule has 1 atom stereocenters. The van der Waals surface area contributed by atoms with Crippen molar-refractivity contribution < 1.29 is 19.0 Å². The summed E-state index contributed by atoms with van der Waals surface area (Å²) in [5.41, 5.74) is 4.80. The topological polar surface area (TPSA) is 54.7 Å². The van der Waals surface area contributed by atoms with E-state index in [2.05, 4.69) is 16.4 Å². The number of esters is 1. The fourth-order valence-corrected chi connectivity index (χ4v) is 4.37. The van der Waals surface area contributed by atoms with Gasteiger partial charge in [-0.25, -0.2) is 9.18 Å². The Balaban J connectivity index is 1.63. The highest BCUT2D eigenvalue weighted by Crippen LogP contribution is 2.29. The molecule has 1 aromatic heterocycles. The molecule has 1 unspecified atom stereocenters. The molecular weight excluding hydrogens is 383 g/mol. The third-order valence-electron chi connectivity index (χ3n) is 6.06. The van der Waals surface area contributed by atoms with E-state index in [-0.39, 0.29) is 17.9 Å². The van der Waals surface area contributed by atoms with Gasteiger partial charge in [-0.15, -0.1) is 0 Å². The number of likely N-dealkylation sites (tertiary alicyclic amines) is 1. The Morgan fingerprint density at radius 1 is 1.20 bits per heavy atom. The highest BCUT2D eigenvalue weighted by atomic mass is 19.1. The zero-order chi connectivity index (χ0) is 21.3. The second-order valence-electron chi connectivity index (χ2n) is 7.99. The van der Waals surface area contributed by atoms with Gasteiger partial charge in [-0.05, 0) is 61.2 Å². The number of ether oxygens (including phenoxy) is 1. The number of aliphatic hydroxyl groups is 1. The van der Waals surface area contributed by atoms with Gasteiger partial charge in [-0.2, -0.15) is 0 Å². The summed E-state index contributed by atoms with van der Waals surface area (Å²) in [6.07, 6.45) is 1.25. The minimum Gasteiger partial charge on any atom is -0.465 e. The van der Waals surface area contributed by atoms with E-state index in [1.807, 2.05) is 18.2 Å². The molecule has 0 bridgehead atoms. The molecule has 2 aromatic carbocycles. The predicted octanol–water partition coefficient (Wildman–Crippen LogP) is 3.53. The molecule has 3 aromatic rings. The molecule has 1 saturated heterocycles. The highest BCUT2D eigenvalue weighted by Gasteiger charge is 2.21. The smallest absolute Gasteiger partial charge is 0.337 e. The summed E-state index contributed by atoms with van der Waals surface area (Å²) < 4.78 is 21.1.